The molecule has 0 spiro atoms. The average Bonchev–Trinajstić information content (AvgIpc) is 2.95. The van der Waals surface area contributed by atoms with E-state index in [0.717, 1.165) is 9.47 Å². The number of aromatic nitrogens is 2. The van der Waals surface area contributed by atoms with E-state index in [2.05, 4.69) is 20.8 Å². The number of ether oxygens (including phenoxy) is 1. The van der Waals surface area contributed by atoms with Crippen molar-refractivity contribution in [2.24, 2.45) is 0 Å². The Hall–Kier alpha value is -1.51. The number of benzene rings is 1. The maximum absolute atomic E-state index is 12.2. The van der Waals surface area contributed by atoms with Crippen LogP contribution in [0.2, 0.25) is 5.02 Å². The first-order valence-electron chi connectivity index (χ1n) is 6.35. The number of nitrogens with zero attached hydrogens (tertiary/aromatic N) is 2. The van der Waals surface area contributed by atoms with Crippen molar-refractivity contribution >= 4 is 51.4 Å². The summed E-state index contributed by atoms with van der Waals surface area (Å²) in [6.07, 6.45) is 0. The number of carbonyl (C=O) groups is 1. The van der Waals surface area contributed by atoms with Crippen LogP contribution in [0.15, 0.2) is 22.5 Å². The van der Waals surface area contributed by atoms with E-state index in [9.17, 15) is 4.79 Å². The molecule has 1 aromatic carbocycles. The molecule has 0 bridgehead atoms. The lowest BCUT2D eigenvalue weighted by molar-refractivity contribution is -0.115. The monoisotopic (exact) mass is 358 g/mol. The van der Waals surface area contributed by atoms with E-state index >= 15 is 0 Å². The molecule has 2 rings (SSSR count). The van der Waals surface area contributed by atoms with E-state index in [1.54, 1.807) is 32.4 Å². The molecule has 9 heteroatoms. The van der Waals surface area contributed by atoms with Gasteiger partial charge in [-0.15, -0.1) is 10.2 Å². The van der Waals surface area contributed by atoms with E-state index in [1.165, 1.54) is 23.1 Å². The fourth-order valence-corrected chi connectivity index (χ4v) is 3.66. The van der Waals surface area contributed by atoms with E-state index in [-0.39, 0.29) is 11.2 Å². The largest absolute Gasteiger partial charge is 0.495 e. The second-order valence-corrected chi connectivity index (χ2v) is 7.19. The number of anilines is 2. The van der Waals surface area contributed by atoms with Crippen LogP contribution in [0.25, 0.3) is 0 Å². The first-order valence-corrected chi connectivity index (χ1v) is 8.43. The van der Waals surface area contributed by atoms with Gasteiger partial charge in [-0.05, 0) is 25.1 Å². The molecule has 1 aromatic heterocycles. The molecular weight excluding hydrogens is 344 g/mol. The summed E-state index contributed by atoms with van der Waals surface area (Å²) < 4.78 is 5.81. The third-order valence-corrected chi connectivity index (χ3v) is 5.11. The third kappa shape index (κ3) is 4.25. The summed E-state index contributed by atoms with van der Waals surface area (Å²) in [5.74, 6) is 0.433. The number of carbonyl (C=O) groups excluding carboxylic acids is 1. The van der Waals surface area contributed by atoms with Crippen molar-refractivity contribution in [3.63, 3.8) is 0 Å². The lowest BCUT2D eigenvalue weighted by Crippen LogP contribution is -2.22. The lowest BCUT2D eigenvalue weighted by atomic mass is 10.3. The Kier molecular flexibility index (Phi) is 5.87. The van der Waals surface area contributed by atoms with Gasteiger partial charge < -0.3 is 15.4 Å². The van der Waals surface area contributed by atoms with Gasteiger partial charge in [-0.2, -0.15) is 0 Å². The fourth-order valence-electron chi connectivity index (χ4n) is 1.55. The summed E-state index contributed by atoms with van der Waals surface area (Å²) in [6.45, 7) is 1.81. The van der Waals surface area contributed by atoms with Gasteiger partial charge in [0.25, 0.3) is 0 Å². The van der Waals surface area contributed by atoms with Gasteiger partial charge in [0.05, 0.1) is 17.4 Å². The zero-order valence-corrected chi connectivity index (χ0v) is 14.6. The number of halogens is 1. The van der Waals surface area contributed by atoms with Gasteiger partial charge in [0.1, 0.15) is 5.75 Å². The Morgan fingerprint density at radius 2 is 2.23 bits per heavy atom. The number of rotatable bonds is 6. The molecule has 6 nitrogen and oxygen atoms in total. The van der Waals surface area contributed by atoms with E-state index < -0.39 is 0 Å². The van der Waals surface area contributed by atoms with Gasteiger partial charge >= 0.3 is 0 Å². The minimum absolute atomic E-state index is 0.132. The first kappa shape index (κ1) is 16.9. The normalized spacial score (nSPS) is 11.8. The molecule has 1 heterocycles. The maximum Gasteiger partial charge on any atom is 0.237 e. The highest BCUT2D eigenvalue weighted by atomic mass is 35.5. The number of nitrogens with one attached hydrogen (secondary N) is 2. The van der Waals surface area contributed by atoms with Crippen molar-refractivity contribution < 1.29 is 9.53 Å². The van der Waals surface area contributed by atoms with Crippen molar-refractivity contribution in [1.29, 1.82) is 0 Å². The van der Waals surface area contributed by atoms with Crippen LogP contribution in [0.3, 0.4) is 0 Å². The second-order valence-electron chi connectivity index (χ2n) is 4.22. The fraction of sp³-hybridized carbons (Fsp3) is 0.308. The Morgan fingerprint density at radius 3 is 2.82 bits per heavy atom. The number of thioether (sulfide) groups is 1. The molecule has 2 aromatic rings. The highest BCUT2D eigenvalue weighted by molar-refractivity contribution is 8.02. The minimum Gasteiger partial charge on any atom is -0.495 e. The smallest absolute Gasteiger partial charge is 0.237 e. The van der Waals surface area contributed by atoms with Crippen LogP contribution < -0.4 is 15.4 Å². The van der Waals surface area contributed by atoms with Crippen molar-refractivity contribution in [1.82, 2.24) is 10.2 Å². The highest BCUT2D eigenvalue weighted by Crippen LogP contribution is 2.30. The van der Waals surface area contributed by atoms with Crippen molar-refractivity contribution in [3.05, 3.63) is 23.2 Å². The summed E-state index contributed by atoms with van der Waals surface area (Å²) in [5.41, 5.74) is 0.622. The van der Waals surface area contributed by atoms with Gasteiger partial charge in [0, 0.05) is 12.7 Å². The van der Waals surface area contributed by atoms with Gasteiger partial charge in [0.2, 0.25) is 11.0 Å². The lowest BCUT2D eigenvalue weighted by Gasteiger charge is -2.11. The molecule has 0 saturated carbocycles. The average molecular weight is 359 g/mol. The predicted molar refractivity (Wildman–Crippen MR) is 91.4 cm³/mol. The maximum atomic E-state index is 12.2. The van der Waals surface area contributed by atoms with Gasteiger partial charge in [0.15, 0.2) is 4.34 Å². The van der Waals surface area contributed by atoms with Gasteiger partial charge in [-0.1, -0.05) is 34.7 Å². The summed E-state index contributed by atoms with van der Waals surface area (Å²) in [5, 5.41) is 14.5. The molecule has 118 valence electrons. The Bertz CT molecular complexity index is 665. The molecule has 1 atom stereocenters. The Balaban J connectivity index is 1.97. The summed E-state index contributed by atoms with van der Waals surface area (Å²) in [7, 11) is 3.32. The van der Waals surface area contributed by atoms with Crippen LogP contribution in [0.1, 0.15) is 6.92 Å². The van der Waals surface area contributed by atoms with Crippen LogP contribution in [0.5, 0.6) is 5.75 Å². The van der Waals surface area contributed by atoms with E-state index in [4.69, 9.17) is 16.3 Å². The Morgan fingerprint density at radius 1 is 1.45 bits per heavy atom. The first-order chi connectivity index (χ1) is 10.5. The molecule has 0 aliphatic heterocycles. The zero-order chi connectivity index (χ0) is 16.1. The van der Waals surface area contributed by atoms with Gasteiger partial charge in [-0.25, -0.2) is 0 Å². The number of hydrogen-bond donors (Lipinski definition) is 2. The zero-order valence-electron chi connectivity index (χ0n) is 12.2. The van der Waals surface area contributed by atoms with Crippen molar-refractivity contribution in [2.45, 2.75) is 16.5 Å². The van der Waals surface area contributed by atoms with Crippen LogP contribution in [-0.4, -0.2) is 35.5 Å². The highest BCUT2D eigenvalue weighted by Gasteiger charge is 2.17. The molecular formula is C13H15ClN4O2S2. The second kappa shape index (κ2) is 7.66. The van der Waals surface area contributed by atoms with Crippen LogP contribution in [0, 0.1) is 0 Å². The quantitative estimate of drug-likeness (QED) is 0.771. The van der Waals surface area contributed by atoms with Crippen molar-refractivity contribution in [3.8, 4) is 5.75 Å². The van der Waals surface area contributed by atoms with Crippen LogP contribution in [0.4, 0.5) is 10.8 Å². The molecule has 0 unspecified atom stereocenters. The molecule has 0 fully saturated rings. The predicted octanol–water partition coefficient (Wildman–Crippen LogP) is 3.36. The van der Waals surface area contributed by atoms with Crippen LogP contribution in [-0.2, 0) is 4.79 Å². The topological polar surface area (TPSA) is 76.1 Å². The summed E-state index contributed by atoms with van der Waals surface area (Å²) in [4.78, 5) is 12.2. The molecule has 0 aliphatic rings. The number of amides is 1. The molecule has 1 amide bonds. The molecule has 0 radical (unpaired) electrons. The van der Waals surface area contributed by atoms with Crippen molar-refractivity contribution in [2.75, 3.05) is 24.8 Å². The molecule has 2 N–H and O–H groups in total. The Labute approximate surface area is 141 Å². The number of hydrogen-bond acceptors (Lipinski definition) is 7. The summed E-state index contributed by atoms with van der Waals surface area (Å²) in [6, 6.07) is 5.10. The number of methoxy groups -OCH3 is 1. The van der Waals surface area contributed by atoms with E-state index in [0.29, 0.717) is 16.5 Å². The third-order valence-electron chi connectivity index (χ3n) is 2.69. The van der Waals surface area contributed by atoms with Gasteiger partial charge in [-0.3, -0.25) is 4.79 Å². The molecule has 0 aliphatic carbocycles. The van der Waals surface area contributed by atoms with Crippen LogP contribution >= 0.6 is 34.7 Å². The molecule has 0 saturated heterocycles. The minimum atomic E-state index is -0.307. The standard InChI is InChI=1S/C13H15ClN4O2S2/c1-7(21-13-18-17-12(15-2)22-13)11(19)16-8-4-5-10(20-3)9(14)6-8/h4-7H,1-3H3,(H,15,17)(H,16,19)/t7-/m0/s1. The van der Waals surface area contributed by atoms with E-state index in [1.807, 2.05) is 6.92 Å². The molecule has 22 heavy (non-hydrogen) atoms. The SMILES string of the molecule is CNc1nnc(S[C@@H](C)C(=O)Nc2ccc(OC)c(Cl)c2)s1. The summed E-state index contributed by atoms with van der Waals surface area (Å²) >= 11 is 8.79.